The summed E-state index contributed by atoms with van der Waals surface area (Å²) in [6, 6.07) is 4.07. The molecule has 1 heterocycles. The number of rotatable bonds is 4. The third kappa shape index (κ3) is 3.83. The van der Waals surface area contributed by atoms with Crippen LogP contribution in [0.25, 0.3) is 0 Å². The van der Waals surface area contributed by atoms with Crippen molar-refractivity contribution in [1.82, 2.24) is 4.90 Å². The molecule has 92 valence electrons. The highest BCUT2D eigenvalue weighted by Crippen LogP contribution is 2.22. The van der Waals surface area contributed by atoms with Crippen molar-refractivity contribution in [2.24, 2.45) is 11.8 Å². The van der Waals surface area contributed by atoms with E-state index in [2.05, 4.69) is 22.0 Å². The summed E-state index contributed by atoms with van der Waals surface area (Å²) >= 11 is 4.98. The predicted octanol–water partition coefficient (Wildman–Crippen LogP) is 3.26. The molecule has 0 aromatic carbocycles. The van der Waals surface area contributed by atoms with Crippen molar-refractivity contribution in [2.45, 2.75) is 20.4 Å². The van der Waals surface area contributed by atoms with Crippen LogP contribution in [0.15, 0.2) is 15.9 Å². The van der Waals surface area contributed by atoms with Crippen molar-refractivity contribution >= 4 is 33.2 Å². The first-order chi connectivity index (χ1) is 7.95. The average molecular weight is 315 g/mol. The van der Waals surface area contributed by atoms with Crippen LogP contribution in [0, 0.1) is 23.2 Å². The van der Waals surface area contributed by atoms with E-state index in [1.807, 2.05) is 25.3 Å². The van der Waals surface area contributed by atoms with Gasteiger partial charge < -0.3 is 4.90 Å². The van der Waals surface area contributed by atoms with E-state index in [-0.39, 0.29) is 11.8 Å². The van der Waals surface area contributed by atoms with E-state index in [0.29, 0.717) is 6.54 Å². The number of halogens is 1. The van der Waals surface area contributed by atoms with Gasteiger partial charge in [0.05, 0.1) is 12.6 Å². The lowest BCUT2D eigenvalue weighted by atomic mass is 9.96. The molecule has 0 saturated carbocycles. The first-order valence-corrected chi connectivity index (χ1v) is 7.00. The Morgan fingerprint density at radius 1 is 1.65 bits per heavy atom. The quantitative estimate of drug-likeness (QED) is 0.856. The monoisotopic (exact) mass is 314 g/mol. The summed E-state index contributed by atoms with van der Waals surface area (Å²) < 4.78 is 1.03. The highest BCUT2D eigenvalue weighted by Gasteiger charge is 2.25. The number of thiophene rings is 1. The molecule has 0 radical (unpaired) electrons. The van der Waals surface area contributed by atoms with Gasteiger partial charge in [0.15, 0.2) is 0 Å². The molecule has 1 aromatic rings. The van der Waals surface area contributed by atoms with Gasteiger partial charge in [-0.3, -0.25) is 4.79 Å². The van der Waals surface area contributed by atoms with Gasteiger partial charge in [0.1, 0.15) is 5.92 Å². The Labute approximate surface area is 114 Å². The summed E-state index contributed by atoms with van der Waals surface area (Å²) in [7, 11) is 1.74. The van der Waals surface area contributed by atoms with Crippen LogP contribution in [0.1, 0.15) is 18.7 Å². The van der Waals surface area contributed by atoms with Gasteiger partial charge in [-0.1, -0.05) is 13.8 Å². The first-order valence-electron chi connectivity index (χ1n) is 5.33. The van der Waals surface area contributed by atoms with Gasteiger partial charge in [-0.25, -0.2) is 0 Å². The molecule has 1 rings (SSSR count). The van der Waals surface area contributed by atoms with Gasteiger partial charge in [0.2, 0.25) is 5.91 Å². The Bertz CT molecular complexity index is 436. The molecule has 17 heavy (non-hydrogen) atoms. The number of hydrogen-bond donors (Lipinski definition) is 0. The molecular weight excluding hydrogens is 300 g/mol. The molecule has 3 nitrogen and oxygen atoms in total. The van der Waals surface area contributed by atoms with Gasteiger partial charge in [0.25, 0.3) is 0 Å². The van der Waals surface area contributed by atoms with Crippen molar-refractivity contribution in [2.75, 3.05) is 7.05 Å². The maximum Gasteiger partial charge on any atom is 0.240 e. The molecule has 0 bridgehead atoms. The van der Waals surface area contributed by atoms with Crippen LogP contribution in [0.5, 0.6) is 0 Å². The molecule has 0 aliphatic heterocycles. The van der Waals surface area contributed by atoms with Gasteiger partial charge >= 0.3 is 0 Å². The third-order valence-corrected chi connectivity index (χ3v) is 4.15. The van der Waals surface area contributed by atoms with Crippen molar-refractivity contribution in [3.05, 3.63) is 20.8 Å². The van der Waals surface area contributed by atoms with Gasteiger partial charge in [-0.2, -0.15) is 5.26 Å². The Morgan fingerprint density at radius 2 is 2.29 bits per heavy atom. The summed E-state index contributed by atoms with van der Waals surface area (Å²) in [5.41, 5.74) is 0. The van der Waals surface area contributed by atoms with Crippen LogP contribution in [0.3, 0.4) is 0 Å². The normalized spacial score (nSPS) is 12.2. The summed E-state index contributed by atoms with van der Waals surface area (Å²) in [5.74, 6) is -0.611. The second-order valence-electron chi connectivity index (χ2n) is 4.28. The SMILES string of the molecule is CC(C)C(C#N)C(=O)N(C)Cc1cc(Br)cs1. The minimum absolute atomic E-state index is 0.0463. The van der Waals surface area contributed by atoms with Gasteiger partial charge in [0, 0.05) is 21.8 Å². The molecule has 5 heteroatoms. The molecule has 0 saturated heterocycles. The summed E-state index contributed by atoms with van der Waals surface area (Å²) in [4.78, 5) is 14.7. The number of carbonyl (C=O) groups excluding carboxylic acids is 1. The molecule has 0 fully saturated rings. The Hall–Kier alpha value is -0.860. The smallest absolute Gasteiger partial charge is 0.240 e. The van der Waals surface area contributed by atoms with Crippen LogP contribution < -0.4 is 0 Å². The second kappa shape index (κ2) is 6.18. The number of hydrogen-bond acceptors (Lipinski definition) is 3. The summed E-state index contributed by atoms with van der Waals surface area (Å²) in [6.07, 6.45) is 0. The van der Waals surface area contributed by atoms with Crippen LogP contribution in [-0.4, -0.2) is 17.9 Å². The van der Waals surface area contributed by atoms with E-state index in [9.17, 15) is 4.79 Å². The molecule has 0 N–H and O–H groups in total. The number of amides is 1. The number of nitrogens with zero attached hydrogens (tertiary/aromatic N) is 2. The van der Waals surface area contributed by atoms with E-state index in [0.717, 1.165) is 9.35 Å². The van der Waals surface area contributed by atoms with E-state index >= 15 is 0 Å². The third-order valence-electron chi connectivity index (χ3n) is 2.46. The van der Waals surface area contributed by atoms with E-state index in [4.69, 9.17) is 5.26 Å². The zero-order valence-electron chi connectivity index (χ0n) is 10.1. The summed E-state index contributed by atoms with van der Waals surface area (Å²) in [6.45, 7) is 4.34. The molecular formula is C12H15BrN2OS. The molecule has 1 aromatic heterocycles. The zero-order valence-corrected chi connectivity index (χ0v) is 12.5. The maximum atomic E-state index is 12.0. The minimum atomic E-state index is -0.552. The van der Waals surface area contributed by atoms with Crippen LogP contribution in [0.2, 0.25) is 0 Å². The largest absolute Gasteiger partial charge is 0.339 e. The second-order valence-corrected chi connectivity index (χ2v) is 6.19. The van der Waals surface area contributed by atoms with E-state index in [1.54, 1.807) is 23.3 Å². The first kappa shape index (κ1) is 14.2. The van der Waals surface area contributed by atoms with Crippen molar-refractivity contribution < 1.29 is 4.79 Å². The highest BCUT2D eigenvalue weighted by atomic mass is 79.9. The van der Waals surface area contributed by atoms with Crippen molar-refractivity contribution in [3.63, 3.8) is 0 Å². The topological polar surface area (TPSA) is 44.1 Å². The molecule has 0 aliphatic rings. The van der Waals surface area contributed by atoms with E-state index in [1.165, 1.54) is 0 Å². The molecule has 1 unspecified atom stereocenters. The van der Waals surface area contributed by atoms with Crippen LogP contribution in [0.4, 0.5) is 0 Å². The predicted molar refractivity (Wildman–Crippen MR) is 72.4 cm³/mol. The minimum Gasteiger partial charge on any atom is -0.339 e. The van der Waals surface area contributed by atoms with Crippen LogP contribution >= 0.6 is 27.3 Å². The zero-order chi connectivity index (χ0) is 13.0. The fraction of sp³-hybridized carbons (Fsp3) is 0.500. The molecule has 1 amide bonds. The van der Waals surface area contributed by atoms with Gasteiger partial charge in [-0.15, -0.1) is 11.3 Å². The van der Waals surface area contributed by atoms with Crippen LogP contribution in [-0.2, 0) is 11.3 Å². The molecule has 0 spiro atoms. The van der Waals surface area contributed by atoms with E-state index < -0.39 is 5.92 Å². The highest BCUT2D eigenvalue weighted by molar-refractivity contribution is 9.10. The van der Waals surface area contributed by atoms with Gasteiger partial charge in [-0.05, 0) is 27.9 Å². The standard InChI is InChI=1S/C12H15BrN2OS/c1-8(2)11(5-14)12(16)15(3)6-10-4-9(13)7-17-10/h4,7-8,11H,6H2,1-3H3. The van der Waals surface area contributed by atoms with Crippen molar-refractivity contribution in [1.29, 1.82) is 5.26 Å². The lowest BCUT2D eigenvalue weighted by Gasteiger charge is -2.21. The Balaban J connectivity index is 2.67. The fourth-order valence-electron chi connectivity index (χ4n) is 1.48. The lowest BCUT2D eigenvalue weighted by Crippen LogP contribution is -2.34. The Morgan fingerprint density at radius 3 is 2.71 bits per heavy atom. The summed E-state index contributed by atoms with van der Waals surface area (Å²) in [5, 5.41) is 11.0. The lowest BCUT2D eigenvalue weighted by molar-refractivity contribution is -0.134. The number of nitriles is 1. The number of carbonyl (C=O) groups is 1. The molecule has 1 atom stereocenters. The Kier molecular flexibility index (Phi) is 5.16. The maximum absolute atomic E-state index is 12.0. The molecule has 0 aliphatic carbocycles. The average Bonchev–Trinajstić information content (AvgIpc) is 2.64. The fourth-order valence-corrected chi connectivity index (χ4v) is 2.98. The van der Waals surface area contributed by atoms with Crippen molar-refractivity contribution in [3.8, 4) is 6.07 Å².